The Morgan fingerprint density at radius 1 is 0.657 bits per heavy atom. The fraction of sp³-hybridized carbons (Fsp3) is 0.296. The summed E-state index contributed by atoms with van der Waals surface area (Å²) in [4.78, 5) is 12.5. The third-order valence-electron chi connectivity index (χ3n) is 5.37. The summed E-state index contributed by atoms with van der Waals surface area (Å²) in [6.45, 7) is 2.93. The quantitative estimate of drug-likeness (QED) is 0.119. The van der Waals surface area contributed by atoms with Gasteiger partial charge in [0.2, 0.25) is 0 Å². The van der Waals surface area contributed by atoms with Gasteiger partial charge in [-0.05, 0) is 59.7 Å². The van der Waals surface area contributed by atoms with E-state index in [9.17, 15) is 4.79 Å². The Hall–Kier alpha value is -3.43. The van der Waals surface area contributed by atoms with Gasteiger partial charge in [0.05, 0.1) is 32.0 Å². The first-order valence-corrected chi connectivity index (χ1v) is 11.4. The van der Waals surface area contributed by atoms with Crippen LogP contribution in [0.25, 0.3) is 11.1 Å². The van der Waals surface area contributed by atoms with Crippen molar-refractivity contribution in [3.63, 3.8) is 0 Å². The lowest BCUT2D eigenvalue weighted by molar-refractivity contribution is 0.00808. The first-order valence-electron chi connectivity index (χ1n) is 11.4. The molecule has 0 aromatic heterocycles. The Labute approximate surface area is 203 Å². The second-order valence-electron chi connectivity index (χ2n) is 8.14. The van der Waals surface area contributed by atoms with Crippen LogP contribution in [0.3, 0.4) is 0 Å². The van der Waals surface area contributed by atoms with Crippen molar-refractivity contribution in [2.24, 2.45) is 0 Å². The maximum Gasteiger partial charge on any atom is 0.343 e. The van der Waals surface area contributed by atoms with Crippen LogP contribution < -0.4 is 14.2 Å². The number of carbonyl (C=O) groups excluding carboxylic acids is 1. The third-order valence-corrected chi connectivity index (χ3v) is 5.37. The van der Waals surface area contributed by atoms with Gasteiger partial charge in [-0.15, -0.1) is 0 Å². The summed E-state index contributed by atoms with van der Waals surface area (Å²) in [7, 11) is 0. The van der Waals surface area contributed by atoms with Crippen LogP contribution in [-0.2, 0) is 18.9 Å². The summed E-state index contributed by atoms with van der Waals surface area (Å²) in [5, 5.41) is 0. The topological polar surface area (TPSA) is 88.3 Å². The molecule has 0 bridgehead atoms. The highest BCUT2D eigenvalue weighted by atomic mass is 16.7. The molecule has 2 aliphatic heterocycles. The summed E-state index contributed by atoms with van der Waals surface area (Å²) >= 11 is 0. The van der Waals surface area contributed by atoms with Gasteiger partial charge in [-0.25, -0.2) is 4.79 Å². The molecule has 8 nitrogen and oxygen atoms in total. The van der Waals surface area contributed by atoms with Crippen LogP contribution in [0, 0.1) is 0 Å². The Bertz CT molecular complexity index is 1090. The summed E-state index contributed by atoms with van der Waals surface area (Å²) in [5.41, 5.74) is 2.45. The molecule has 0 aliphatic carbocycles. The largest absolute Gasteiger partial charge is 0.468 e. The number of carbonyl (C=O) groups is 1. The molecule has 2 aliphatic rings. The monoisotopic (exact) mass is 478 g/mol. The van der Waals surface area contributed by atoms with Crippen molar-refractivity contribution in [2.75, 3.05) is 40.0 Å². The summed E-state index contributed by atoms with van der Waals surface area (Å²) in [6, 6.07) is 21.8. The predicted molar refractivity (Wildman–Crippen MR) is 126 cm³/mol. The average molecular weight is 478 g/mol. The van der Waals surface area contributed by atoms with Crippen LogP contribution in [0.2, 0.25) is 0 Å². The number of rotatable bonds is 13. The lowest BCUT2D eigenvalue weighted by Gasteiger charge is -2.09. The maximum atomic E-state index is 12.5. The van der Waals surface area contributed by atoms with Crippen LogP contribution in [0.1, 0.15) is 10.4 Å². The molecule has 0 N–H and O–H groups in total. The second kappa shape index (κ2) is 11.3. The van der Waals surface area contributed by atoms with E-state index in [0.717, 1.165) is 30.1 Å². The van der Waals surface area contributed by atoms with Crippen molar-refractivity contribution in [3.05, 3.63) is 78.4 Å². The van der Waals surface area contributed by atoms with Gasteiger partial charge >= 0.3 is 5.97 Å². The molecule has 2 unspecified atom stereocenters. The number of hydrogen-bond donors (Lipinski definition) is 0. The number of hydrogen-bond acceptors (Lipinski definition) is 8. The van der Waals surface area contributed by atoms with Gasteiger partial charge in [-0.2, -0.15) is 0 Å². The van der Waals surface area contributed by atoms with Gasteiger partial charge in [-0.1, -0.05) is 24.3 Å². The molecule has 2 fully saturated rings. The smallest absolute Gasteiger partial charge is 0.343 e. The molecule has 3 aromatic carbocycles. The van der Waals surface area contributed by atoms with Crippen molar-refractivity contribution in [1.29, 1.82) is 0 Å². The Kier molecular flexibility index (Phi) is 7.55. The molecule has 5 rings (SSSR count). The van der Waals surface area contributed by atoms with Crippen LogP contribution in [-0.4, -0.2) is 58.2 Å². The number of benzene rings is 3. The van der Waals surface area contributed by atoms with Crippen LogP contribution in [0.15, 0.2) is 72.8 Å². The molecule has 2 atom stereocenters. The SMILES string of the molecule is O=C(Oc1ccc(OCOCC2CO2)cc1)c1ccc(-c2ccc(OCOCC3CO3)cc2)cc1. The molecule has 0 amide bonds. The summed E-state index contributed by atoms with van der Waals surface area (Å²) < 4.78 is 37.4. The van der Waals surface area contributed by atoms with E-state index in [-0.39, 0.29) is 25.8 Å². The molecule has 2 saturated heterocycles. The van der Waals surface area contributed by atoms with Gasteiger partial charge in [0.15, 0.2) is 13.6 Å². The molecule has 3 aromatic rings. The molecule has 35 heavy (non-hydrogen) atoms. The van der Waals surface area contributed by atoms with E-state index in [2.05, 4.69) is 0 Å². The molecule has 182 valence electrons. The highest BCUT2D eigenvalue weighted by Crippen LogP contribution is 2.24. The zero-order valence-electron chi connectivity index (χ0n) is 19.1. The molecule has 2 heterocycles. The maximum absolute atomic E-state index is 12.5. The number of esters is 1. The Morgan fingerprint density at radius 2 is 1.09 bits per heavy atom. The minimum atomic E-state index is -0.432. The molecule has 0 radical (unpaired) electrons. The van der Waals surface area contributed by atoms with Crippen molar-refractivity contribution in [3.8, 4) is 28.4 Å². The van der Waals surface area contributed by atoms with E-state index < -0.39 is 5.97 Å². The highest BCUT2D eigenvalue weighted by molar-refractivity contribution is 5.91. The average Bonchev–Trinajstić information content (AvgIpc) is 3.82. The van der Waals surface area contributed by atoms with E-state index in [1.54, 1.807) is 36.4 Å². The van der Waals surface area contributed by atoms with Crippen LogP contribution >= 0.6 is 0 Å². The van der Waals surface area contributed by atoms with Crippen molar-refractivity contribution < 1.29 is 38.0 Å². The zero-order valence-corrected chi connectivity index (χ0v) is 19.1. The normalized spacial score (nSPS) is 18.1. The minimum absolute atomic E-state index is 0.145. The van der Waals surface area contributed by atoms with Gasteiger partial charge in [0.1, 0.15) is 29.5 Å². The van der Waals surface area contributed by atoms with E-state index in [0.29, 0.717) is 30.3 Å². The molecule has 0 saturated carbocycles. The fourth-order valence-electron chi connectivity index (χ4n) is 3.22. The predicted octanol–water partition coefficient (Wildman–Crippen LogP) is 4.08. The minimum Gasteiger partial charge on any atom is -0.468 e. The van der Waals surface area contributed by atoms with E-state index >= 15 is 0 Å². The van der Waals surface area contributed by atoms with Gasteiger partial charge in [0.25, 0.3) is 0 Å². The molecule has 8 heteroatoms. The van der Waals surface area contributed by atoms with E-state index in [1.165, 1.54) is 0 Å². The standard InChI is InChI=1S/C27H26O8/c28-27(35-24-11-9-23(10-12-24)34-18-30-14-26-16-32-26)21-3-1-19(2-4-21)20-5-7-22(8-6-20)33-17-29-13-25-15-31-25/h1-12,25-26H,13-18H2. The zero-order chi connectivity index (χ0) is 23.9. The second-order valence-corrected chi connectivity index (χ2v) is 8.14. The molecule has 0 spiro atoms. The third kappa shape index (κ3) is 7.27. The van der Waals surface area contributed by atoms with Crippen molar-refractivity contribution >= 4 is 5.97 Å². The van der Waals surface area contributed by atoms with Crippen molar-refractivity contribution in [1.82, 2.24) is 0 Å². The fourth-order valence-corrected chi connectivity index (χ4v) is 3.22. The van der Waals surface area contributed by atoms with Crippen LogP contribution in [0.5, 0.6) is 17.2 Å². The van der Waals surface area contributed by atoms with Gasteiger partial charge in [-0.3, -0.25) is 0 Å². The van der Waals surface area contributed by atoms with Crippen LogP contribution in [0.4, 0.5) is 0 Å². The van der Waals surface area contributed by atoms with E-state index in [4.69, 9.17) is 33.2 Å². The van der Waals surface area contributed by atoms with Crippen molar-refractivity contribution in [2.45, 2.75) is 12.2 Å². The lowest BCUT2D eigenvalue weighted by Crippen LogP contribution is -2.09. The summed E-state index contributed by atoms with van der Waals surface area (Å²) in [6.07, 6.45) is 0.423. The lowest BCUT2D eigenvalue weighted by atomic mass is 10.0. The molecular weight excluding hydrogens is 452 g/mol. The molecular formula is C27H26O8. The first kappa shape index (κ1) is 23.3. The van der Waals surface area contributed by atoms with E-state index in [1.807, 2.05) is 36.4 Å². The summed E-state index contributed by atoms with van der Waals surface area (Å²) in [5.74, 6) is 1.35. The highest BCUT2D eigenvalue weighted by Gasteiger charge is 2.22. The first-order chi connectivity index (χ1) is 17.2. The number of epoxide rings is 2. The van der Waals surface area contributed by atoms with Gasteiger partial charge in [0, 0.05) is 0 Å². The van der Waals surface area contributed by atoms with Gasteiger partial charge < -0.3 is 33.2 Å². The Morgan fingerprint density at radius 3 is 1.57 bits per heavy atom. The Balaban J connectivity index is 1.08. The number of ether oxygens (including phenoxy) is 7.